The lowest BCUT2D eigenvalue weighted by Gasteiger charge is -2.32. The van der Waals surface area contributed by atoms with E-state index in [4.69, 9.17) is 5.73 Å². The number of rotatable bonds is 8. The first-order valence-corrected chi connectivity index (χ1v) is 8.54. The molecule has 1 rings (SSSR count). The van der Waals surface area contributed by atoms with E-state index in [-0.39, 0.29) is 5.91 Å². The number of nitrogens with two attached hydrogens (primary N) is 1. The Labute approximate surface area is 125 Å². The molecule has 0 aromatic rings. The second-order valence-electron chi connectivity index (χ2n) is 6.95. The third kappa shape index (κ3) is 6.74. The Morgan fingerprint density at radius 1 is 1.15 bits per heavy atom. The summed E-state index contributed by atoms with van der Waals surface area (Å²) in [7, 11) is 0. The van der Waals surface area contributed by atoms with Crippen LogP contribution in [0.5, 0.6) is 0 Å². The van der Waals surface area contributed by atoms with Crippen molar-refractivity contribution in [2.75, 3.05) is 6.54 Å². The molecule has 1 fully saturated rings. The van der Waals surface area contributed by atoms with E-state index in [0.29, 0.717) is 18.4 Å². The molecule has 0 spiro atoms. The van der Waals surface area contributed by atoms with Crippen LogP contribution in [0, 0.1) is 17.8 Å². The average Bonchev–Trinajstić information content (AvgIpc) is 2.35. The van der Waals surface area contributed by atoms with Crippen LogP contribution < -0.4 is 11.1 Å². The molecule has 3 nitrogen and oxygen atoms in total. The molecule has 1 aliphatic carbocycles. The van der Waals surface area contributed by atoms with Gasteiger partial charge < -0.3 is 11.1 Å². The SMILES string of the molecule is CCCC(CCN)CCC(=O)NC1CC(C)CC(C)C1. The summed E-state index contributed by atoms with van der Waals surface area (Å²) in [6, 6.07) is 0.403. The van der Waals surface area contributed by atoms with Crippen molar-refractivity contribution in [3.8, 4) is 0 Å². The topological polar surface area (TPSA) is 55.1 Å². The molecule has 3 N–H and O–H groups in total. The third-order valence-electron chi connectivity index (χ3n) is 4.60. The van der Waals surface area contributed by atoms with Crippen LogP contribution in [0.15, 0.2) is 0 Å². The molecule has 118 valence electrons. The Morgan fingerprint density at radius 2 is 1.80 bits per heavy atom. The van der Waals surface area contributed by atoms with Gasteiger partial charge >= 0.3 is 0 Å². The van der Waals surface area contributed by atoms with Gasteiger partial charge in [-0.3, -0.25) is 4.79 Å². The molecular weight excluding hydrogens is 248 g/mol. The Balaban J connectivity index is 2.28. The van der Waals surface area contributed by atoms with E-state index >= 15 is 0 Å². The van der Waals surface area contributed by atoms with Crippen LogP contribution in [0.1, 0.15) is 72.1 Å². The van der Waals surface area contributed by atoms with Gasteiger partial charge in [0.15, 0.2) is 0 Å². The summed E-state index contributed by atoms with van der Waals surface area (Å²) in [5.74, 6) is 2.36. The molecule has 0 aliphatic heterocycles. The molecule has 0 aromatic heterocycles. The number of carbonyl (C=O) groups is 1. The van der Waals surface area contributed by atoms with Crippen molar-refractivity contribution >= 4 is 5.91 Å². The third-order valence-corrected chi connectivity index (χ3v) is 4.60. The van der Waals surface area contributed by atoms with Gasteiger partial charge in [0, 0.05) is 12.5 Å². The highest BCUT2D eigenvalue weighted by molar-refractivity contribution is 5.76. The molecule has 0 bridgehead atoms. The molecule has 3 unspecified atom stereocenters. The minimum absolute atomic E-state index is 0.245. The van der Waals surface area contributed by atoms with Gasteiger partial charge in [-0.25, -0.2) is 0 Å². The monoisotopic (exact) mass is 282 g/mol. The Bertz CT molecular complexity index is 264. The van der Waals surface area contributed by atoms with Crippen LogP contribution in [0.25, 0.3) is 0 Å². The Kier molecular flexibility index (Phi) is 8.20. The number of amides is 1. The predicted octanol–water partition coefficient (Wildman–Crippen LogP) is 3.47. The summed E-state index contributed by atoms with van der Waals surface area (Å²) in [6.45, 7) is 7.54. The van der Waals surface area contributed by atoms with Gasteiger partial charge in [0.2, 0.25) is 5.91 Å². The van der Waals surface area contributed by atoms with Crippen LogP contribution in [0.3, 0.4) is 0 Å². The van der Waals surface area contributed by atoms with Crippen LogP contribution in [0.4, 0.5) is 0 Å². The summed E-state index contributed by atoms with van der Waals surface area (Å²) in [6.07, 6.45) is 8.71. The first kappa shape index (κ1) is 17.5. The van der Waals surface area contributed by atoms with Crippen molar-refractivity contribution in [1.82, 2.24) is 5.32 Å². The molecule has 0 aromatic carbocycles. The zero-order valence-electron chi connectivity index (χ0n) is 13.7. The normalized spacial score (nSPS) is 28.1. The summed E-state index contributed by atoms with van der Waals surface area (Å²) in [5, 5.41) is 3.25. The molecule has 0 heterocycles. The molecule has 0 radical (unpaired) electrons. The largest absolute Gasteiger partial charge is 0.353 e. The molecular formula is C17H34N2O. The van der Waals surface area contributed by atoms with Gasteiger partial charge in [-0.2, -0.15) is 0 Å². The van der Waals surface area contributed by atoms with Crippen LogP contribution in [-0.4, -0.2) is 18.5 Å². The van der Waals surface area contributed by atoms with Gasteiger partial charge in [-0.15, -0.1) is 0 Å². The number of nitrogens with one attached hydrogen (secondary N) is 1. The highest BCUT2D eigenvalue weighted by Gasteiger charge is 2.25. The highest BCUT2D eigenvalue weighted by atomic mass is 16.1. The van der Waals surface area contributed by atoms with Gasteiger partial charge in [0.25, 0.3) is 0 Å². The fourth-order valence-electron chi connectivity index (χ4n) is 3.78. The van der Waals surface area contributed by atoms with E-state index in [0.717, 1.165) is 44.1 Å². The number of hydrogen-bond acceptors (Lipinski definition) is 2. The van der Waals surface area contributed by atoms with Crippen molar-refractivity contribution in [3.63, 3.8) is 0 Å². The molecule has 1 aliphatic rings. The number of carbonyl (C=O) groups excluding carboxylic acids is 1. The zero-order chi connectivity index (χ0) is 15.0. The lowest BCUT2D eigenvalue weighted by molar-refractivity contribution is -0.122. The van der Waals surface area contributed by atoms with E-state index in [1.165, 1.54) is 19.3 Å². The van der Waals surface area contributed by atoms with Gasteiger partial charge in [-0.05, 0) is 56.4 Å². The smallest absolute Gasteiger partial charge is 0.220 e. The summed E-state index contributed by atoms with van der Waals surface area (Å²) >= 11 is 0. The van der Waals surface area contributed by atoms with Crippen molar-refractivity contribution < 1.29 is 4.79 Å². The molecule has 1 saturated carbocycles. The average molecular weight is 282 g/mol. The Hall–Kier alpha value is -0.570. The van der Waals surface area contributed by atoms with Gasteiger partial charge in [0.05, 0.1) is 0 Å². The van der Waals surface area contributed by atoms with Crippen LogP contribution >= 0.6 is 0 Å². The van der Waals surface area contributed by atoms with E-state index in [9.17, 15) is 4.79 Å². The summed E-state index contributed by atoms with van der Waals surface area (Å²) in [4.78, 5) is 12.1. The maximum atomic E-state index is 12.1. The second kappa shape index (κ2) is 9.38. The minimum Gasteiger partial charge on any atom is -0.353 e. The first-order chi connectivity index (χ1) is 9.55. The van der Waals surface area contributed by atoms with Gasteiger partial charge in [-0.1, -0.05) is 33.6 Å². The van der Waals surface area contributed by atoms with Crippen molar-refractivity contribution in [3.05, 3.63) is 0 Å². The Morgan fingerprint density at radius 3 is 2.35 bits per heavy atom. The lowest BCUT2D eigenvalue weighted by Crippen LogP contribution is -2.40. The second-order valence-corrected chi connectivity index (χ2v) is 6.95. The first-order valence-electron chi connectivity index (χ1n) is 8.54. The van der Waals surface area contributed by atoms with E-state index in [1.807, 2.05) is 0 Å². The summed E-state index contributed by atoms with van der Waals surface area (Å²) in [5.41, 5.74) is 5.65. The highest BCUT2D eigenvalue weighted by Crippen LogP contribution is 2.28. The van der Waals surface area contributed by atoms with E-state index in [2.05, 4.69) is 26.1 Å². The van der Waals surface area contributed by atoms with Crippen LogP contribution in [-0.2, 0) is 4.79 Å². The summed E-state index contributed by atoms with van der Waals surface area (Å²) < 4.78 is 0. The molecule has 20 heavy (non-hydrogen) atoms. The molecule has 1 amide bonds. The maximum absolute atomic E-state index is 12.1. The zero-order valence-corrected chi connectivity index (χ0v) is 13.7. The predicted molar refractivity (Wildman–Crippen MR) is 85.4 cm³/mol. The standard InChI is InChI=1S/C17H34N2O/c1-4-5-15(8-9-18)6-7-17(20)19-16-11-13(2)10-14(3)12-16/h13-16H,4-12,18H2,1-3H3,(H,19,20). The van der Waals surface area contributed by atoms with E-state index in [1.54, 1.807) is 0 Å². The maximum Gasteiger partial charge on any atom is 0.220 e. The van der Waals surface area contributed by atoms with Gasteiger partial charge in [0.1, 0.15) is 0 Å². The van der Waals surface area contributed by atoms with Crippen LogP contribution in [0.2, 0.25) is 0 Å². The van der Waals surface area contributed by atoms with E-state index < -0.39 is 0 Å². The quantitative estimate of drug-likeness (QED) is 0.716. The molecule has 0 saturated heterocycles. The molecule has 3 heteroatoms. The molecule has 3 atom stereocenters. The van der Waals surface area contributed by atoms with Crippen molar-refractivity contribution in [2.45, 2.75) is 78.2 Å². The number of hydrogen-bond donors (Lipinski definition) is 2. The fourth-order valence-corrected chi connectivity index (χ4v) is 3.78. The lowest BCUT2D eigenvalue weighted by atomic mass is 9.80. The van der Waals surface area contributed by atoms with Crippen molar-refractivity contribution in [2.24, 2.45) is 23.5 Å². The fraction of sp³-hybridized carbons (Fsp3) is 0.941. The minimum atomic E-state index is 0.245. The van der Waals surface area contributed by atoms with Crippen molar-refractivity contribution in [1.29, 1.82) is 0 Å².